The number of benzene rings is 1. The van der Waals surface area contributed by atoms with Crippen molar-refractivity contribution in [1.82, 2.24) is 5.32 Å². The molecule has 0 fully saturated rings. The van der Waals surface area contributed by atoms with Crippen LogP contribution >= 0.6 is 0 Å². The van der Waals surface area contributed by atoms with Crippen molar-refractivity contribution in [3.63, 3.8) is 0 Å². The van der Waals surface area contributed by atoms with E-state index in [0.717, 1.165) is 12.0 Å². The van der Waals surface area contributed by atoms with Gasteiger partial charge in [0.25, 0.3) is 0 Å². The van der Waals surface area contributed by atoms with Gasteiger partial charge >= 0.3 is 0 Å². The quantitative estimate of drug-likeness (QED) is 0.765. The summed E-state index contributed by atoms with van der Waals surface area (Å²) in [5.74, 6) is -0.00338. The van der Waals surface area contributed by atoms with Crippen LogP contribution in [0.15, 0.2) is 30.3 Å². The lowest BCUT2D eigenvalue weighted by Gasteiger charge is -2.09. The van der Waals surface area contributed by atoms with Crippen LogP contribution in [0.5, 0.6) is 0 Å². The zero-order valence-electron chi connectivity index (χ0n) is 9.65. The van der Waals surface area contributed by atoms with E-state index in [1.54, 1.807) is 0 Å². The molecule has 3 nitrogen and oxygen atoms in total. The molecule has 1 rings (SSSR count). The summed E-state index contributed by atoms with van der Waals surface area (Å²) in [6, 6.07) is 9.91. The van der Waals surface area contributed by atoms with Gasteiger partial charge in [-0.1, -0.05) is 37.3 Å². The van der Waals surface area contributed by atoms with Crippen molar-refractivity contribution in [3.05, 3.63) is 35.9 Å². The van der Waals surface area contributed by atoms with Crippen molar-refractivity contribution in [2.45, 2.75) is 32.3 Å². The molecule has 0 saturated carbocycles. The second-order valence-corrected chi connectivity index (χ2v) is 3.85. The van der Waals surface area contributed by atoms with Crippen molar-refractivity contribution in [2.75, 3.05) is 6.54 Å². The van der Waals surface area contributed by atoms with E-state index in [4.69, 9.17) is 0 Å². The fourth-order valence-electron chi connectivity index (χ4n) is 1.37. The first-order chi connectivity index (χ1) is 7.72. The lowest BCUT2D eigenvalue weighted by molar-refractivity contribution is -0.121. The molecule has 0 radical (unpaired) electrons. The van der Waals surface area contributed by atoms with E-state index in [1.165, 1.54) is 0 Å². The molecule has 0 aliphatic heterocycles. The molecule has 1 unspecified atom stereocenters. The maximum Gasteiger partial charge on any atom is 0.220 e. The molecular formula is C13H19NO2. The number of aliphatic hydroxyl groups excluding tert-OH is 1. The minimum absolute atomic E-state index is 0.00338. The van der Waals surface area contributed by atoms with E-state index in [0.29, 0.717) is 19.4 Å². The number of hydrogen-bond donors (Lipinski definition) is 2. The van der Waals surface area contributed by atoms with Gasteiger partial charge in [-0.2, -0.15) is 0 Å². The second kappa shape index (κ2) is 7.01. The molecule has 0 saturated heterocycles. The molecule has 3 heteroatoms. The van der Waals surface area contributed by atoms with Crippen LogP contribution in [-0.4, -0.2) is 23.7 Å². The molecule has 0 aliphatic rings. The van der Waals surface area contributed by atoms with Gasteiger partial charge < -0.3 is 10.4 Å². The number of aliphatic hydroxyl groups is 1. The number of amides is 1. The van der Waals surface area contributed by atoms with Crippen LogP contribution in [0, 0.1) is 0 Å². The first-order valence-corrected chi connectivity index (χ1v) is 5.71. The van der Waals surface area contributed by atoms with Gasteiger partial charge in [0, 0.05) is 13.0 Å². The average molecular weight is 221 g/mol. The minimum atomic E-state index is -0.430. The number of carbonyl (C=O) groups is 1. The second-order valence-electron chi connectivity index (χ2n) is 3.85. The highest BCUT2D eigenvalue weighted by Gasteiger charge is 2.04. The Bertz CT molecular complexity index is 311. The molecule has 0 spiro atoms. The monoisotopic (exact) mass is 221 g/mol. The first kappa shape index (κ1) is 12.7. The smallest absolute Gasteiger partial charge is 0.220 e. The van der Waals surface area contributed by atoms with Crippen molar-refractivity contribution in [2.24, 2.45) is 0 Å². The fraction of sp³-hybridized carbons (Fsp3) is 0.462. The highest BCUT2D eigenvalue weighted by molar-refractivity contribution is 5.76. The summed E-state index contributed by atoms with van der Waals surface area (Å²) in [6.07, 6.45) is 1.45. The third-order valence-corrected chi connectivity index (χ3v) is 2.49. The summed E-state index contributed by atoms with van der Waals surface area (Å²) in [5, 5.41) is 12.0. The Morgan fingerprint density at radius 2 is 2.06 bits per heavy atom. The first-order valence-electron chi connectivity index (χ1n) is 5.71. The van der Waals surface area contributed by atoms with E-state index in [1.807, 2.05) is 37.3 Å². The maximum atomic E-state index is 11.4. The zero-order chi connectivity index (χ0) is 11.8. The van der Waals surface area contributed by atoms with Gasteiger partial charge in [0.2, 0.25) is 5.91 Å². The summed E-state index contributed by atoms with van der Waals surface area (Å²) in [5.41, 5.74) is 1.16. The fourth-order valence-corrected chi connectivity index (χ4v) is 1.37. The van der Waals surface area contributed by atoms with Gasteiger partial charge in [-0.3, -0.25) is 4.79 Å². The van der Waals surface area contributed by atoms with Gasteiger partial charge in [0.1, 0.15) is 0 Å². The van der Waals surface area contributed by atoms with Crippen LogP contribution < -0.4 is 5.32 Å². The summed E-state index contributed by atoms with van der Waals surface area (Å²) in [6.45, 7) is 2.24. The Kier molecular flexibility index (Phi) is 5.57. The normalized spacial score (nSPS) is 12.1. The SMILES string of the molecule is CCC(O)CNC(=O)CCc1ccccc1. The third-order valence-electron chi connectivity index (χ3n) is 2.49. The highest BCUT2D eigenvalue weighted by atomic mass is 16.3. The molecule has 88 valence electrons. The Labute approximate surface area is 96.5 Å². The minimum Gasteiger partial charge on any atom is -0.391 e. The zero-order valence-corrected chi connectivity index (χ0v) is 9.65. The number of nitrogens with one attached hydrogen (secondary N) is 1. The third kappa shape index (κ3) is 4.94. The molecular weight excluding hydrogens is 202 g/mol. The highest BCUT2D eigenvalue weighted by Crippen LogP contribution is 2.02. The van der Waals surface area contributed by atoms with E-state index in [2.05, 4.69) is 5.32 Å². The van der Waals surface area contributed by atoms with Crippen LogP contribution in [0.2, 0.25) is 0 Å². The number of rotatable bonds is 6. The largest absolute Gasteiger partial charge is 0.391 e. The molecule has 1 aromatic carbocycles. The Morgan fingerprint density at radius 3 is 2.69 bits per heavy atom. The molecule has 16 heavy (non-hydrogen) atoms. The van der Waals surface area contributed by atoms with Crippen LogP contribution in [-0.2, 0) is 11.2 Å². The van der Waals surface area contributed by atoms with Gasteiger partial charge in [-0.05, 0) is 18.4 Å². The van der Waals surface area contributed by atoms with Crippen LogP contribution in [0.4, 0.5) is 0 Å². The summed E-state index contributed by atoms with van der Waals surface area (Å²) >= 11 is 0. The van der Waals surface area contributed by atoms with Crippen molar-refractivity contribution >= 4 is 5.91 Å². The molecule has 0 aliphatic carbocycles. The lowest BCUT2D eigenvalue weighted by atomic mass is 10.1. The maximum absolute atomic E-state index is 11.4. The molecule has 0 heterocycles. The molecule has 0 bridgehead atoms. The van der Waals surface area contributed by atoms with Gasteiger partial charge in [-0.15, -0.1) is 0 Å². The lowest BCUT2D eigenvalue weighted by Crippen LogP contribution is -2.31. The predicted molar refractivity (Wildman–Crippen MR) is 64.1 cm³/mol. The van der Waals surface area contributed by atoms with E-state index >= 15 is 0 Å². The average Bonchev–Trinajstić information content (AvgIpc) is 2.34. The van der Waals surface area contributed by atoms with Crippen LogP contribution in [0.3, 0.4) is 0 Å². The topological polar surface area (TPSA) is 49.3 Å². The predicted octanol–water partition coefficient (Wildman–Crippen LogP) is 1.51. The summed E-state index contributed by atoms with van der Waals surface area (Å²) < 4.78 is 0. The molecule has 1 amide bonds. The summed E-state index contributed by atoms with van der Waals surface area (Å²) in [7, 11) is 0. The standard InChI is InChI=1S/C13H19NO2/c1-2-12(15)10-14-13(16)9-8-11-6-4-3-5-7-11/h3-7,12,15H,2,8-10H2,1H3,(H,14,16). The summed E-state index contributed by atoms with van der Waals surface area (Å²) in [4.78, 5) is 11.4. The van der Waals surface area contributed by atoms with Crippen molar-refractivity contribution in [3.8, 4) is 0 Å². The molecule has 2 N–H and O–H groups in total. The van der Waals surface area contributed by atoms with Gasteiger partial charge in [0.05, 0.1) is 6.10 Å². The van der Waals surface area contributed by atoms with E-state index in [9.17, 15) is 9.90 Å². The van der Waals surface area contributed by atoms with E-state index in [-0.39, 0.29) is 5.91 Å². The van der Waals surface area contributed by atoms with Gasteiger partial charge in [-0.25, -0.2) is 0 Å². The van der Waals surface area contributed by atoms with Crippen LogP contribution in [0.25, 0.3) is 0 Å². The Hall–Kier alpha value is -1.35. The Balaban J connectivity index is 2.20. The van der Waals surface area contributed by atoms with Crippen molar-refractivity contribution < 1.29 is 9.90 Å². The molecule has 0 aromatic heterocycles. The van der Waals surface area contributed by atoms with E-state index < -0.39 is 6.10 Å². The Morgan fingerprint density at radius 1 is 1.38 bits per heavy atom. The molecule has 1 aromatic rings. The van der Waals surface area contributed by atoms with Crippen LogP contribution in [0.1, 0.15) is 25.3 Å². The number of carbonyl (C=O) groups excluding carboxylic acids is 1. The van der Waals surface area contributed by atoms with Crippen molar-refractivity contribution in [1.29, 1.82) is 0 Å². The van der Waals surface area contributed by atoms with Gasteiger partial charge in [0.15, 0.2) is 0 Å². The number of hydrogen-bond acceptors (Lipinski definition) is 2. The molecule has 1 atom stereocenters. The number of aryl methyl sites for hydroxylation is 1.